The van der Waals surface area contributed by atoms with Crippen molar-refractivity contribution in [2.45, 2.75) is 26.2 Å². The number of benzene rings is 3. The molecule has 1 aliphatic rings. The zero-order valence-electron chi connectivity index (χ0n) is 17.5. The Morgan fingerprint density at radius 2 is 1.69 bits per heavy atom. The molecule has 0 unspecified atom stereocenters. The van der Waals surface area contributed by atoms with Gasteiger partial charge in [-0.3, -0.25) is 4.98 Å². The molecule has 1 aliphatic carbocycles. The number of nitrogens with zero attached hydrogens (tertiary/aromatic N) is 1. The van der Waals surface area contributed by atoms with Gasteiger partial charge in [0.1, 0.15) is 11.6 Å². The van der Waals surface area contributed by atoms with E-state index in [1.54, 1.807) is 6.20 Å². The van der Waals surface area contributed by atoms with Crippen LogP contribution in [0.4, 0.5) is 25.0 Å². The summed E-state index contributed by atoms with van der Waals surface area (Å²) in [5.74, 6) is -1.55. The Kier molecular flexibility index (Phi) is 5.05. The molecule has 1 heterocycles. The van der Waals surface area contributed by atoms with Crippen LogP contribution in [0.3, 0.4) is 0 Å². The van der Waals surface area contributed by atoms with Gasteiger partial charge in [0, 0.05) is 17.0 Å². The molecule has 0 spiro atoms. The maximum atomic E-state index is 14.0. The number of urea groups is 1. The Morgan fingerprint density at radius 3 is 2.47 bits per heavy atom. The van der Waals surface area contributed by atoms with E-state index in [9.17, 15) is 13.6 Å². The summed E-state index contributed by atoms with van der Waals surface area (Å²) in [6.45, 7) is 2.02. The third-order valence-electron chi connectivity index (χ3n) is 5.92. The minimum atomic E-state index is -0.841. The van der Waals surface area contributed by atoms with Crippen molar-refractivity contribution < 1.29 is 13.6 Å². The number of pyridine rings is 1. The van der Waals surface area contributed by atoms with Crippen molar-refractivity contribution in [3.05, 3.63) is 89.1 Å². The first-order valence-corrected chi connectivity index (χ1v) is 10.5. The molecule has 0 aliphatic heterocycles. The molecule has 4 nitrogen and oxygen atoms in total. The van der Waals surface area contributed by atoms with Gasteiger partial charge in [0.2, 0.25) is 0 Å². The summed E-state index contributed by atoms with van der Waals surface area (Å²) in [5.41, 5.74) is 6.85. The average Bonchev–Trinajstić information content (AvgIpc) is 3.22. The van der Waals surface area contributed by atoms with E-state index in [-0.39, 0.29) is 5.69 Å². The molecule has 32 heavy (non-hydrogen) atoms. The first kappa shape index (κ1) is 20.1. The molecule has 5 rings (SSSR count). The van der Waals surface area contributed by atoms with Gasteiger partial charge in [-0.2, -0.15) is 0 Å². The standard InChI is InChI=1S/C26H21F2N3O/c1-15-5-2-3-8-19(15)25-20-11-16-6-4-7-17(16)12-23(20)29-14-24(25)31-26(32)30-22-10-9-18(27)13-21(22)28/h2-3,5,8-14H,4,6-7H2,1H3,(H2,30,31,32). The van der Waals surface area contributed by atoms with Gasteiger partial charge >= 0.3 is 6.03 Å². The largest absolute Gasteiger partial charge is 0.323 e. The minimum Gasteiger partial charge on any atom is -0.306 e. The van der Waals surface area contributed by atoms with Crippen LogP contribution in [0.15, 0.2) is 60.8 Å². The number of amides is 2. The highest BCUT2D eigenvalue weighted by Gasteiger charge is 2.19. The highest BCUT2D eigenvalue weighted by Crippen LogP contribution is 2.38. The van der Waals surface area contributed by atoms with Crippen LogP contribution in [0.1, 0.15) is 23.1 Å². The van der Waals surface area contributed by atoms with E-state index < -0.39 is 17.7 Å². The molecule has 0 bridgehead atoms. The van der Waals surface area contributed by atoms with Crippen LogP contribution in [0, 0.1) is 18.6 Å². The molecule has 0 atom stereocenters. The van der Waals surface area contributed by atoms with Gasteiger partial charge in [0.15, 0.2) is 0 Å². The highest BCUT2D eigenvalue weighted by molar-refractivity contribution is 6.08. The van der Waals surface area contributed by atoms with Crippen LogP contribution in [0.5, 0.6) is 0 Å². The first-order chi connectivity index (χ1) is 15.5. The molecular weight excluding hydrogens is 408 g/mol. The normalized spacial score (nSPS) is 12.6. The van der Waals surface area contributed by atoms with Crippen LogP contribution in [0.25, 0.3) is 22.0 Å². The van der Waals surface area contributed by atoms with Crippen LogP contribution >= 0.6 is 0 Å². The third kappa shape index (κ3) is 3.68. The molecule has 2 N–H and O–H groups in total. The molecule has 6 heteroatoms. The van der Waals surface area contributed by atoms with Gasteiger partial charge in [0.25, 0.3) is 0 Å². The summed E-state index contributed by atoms with van der Waals surface area (Å²) in [4.78, 5) is 17.3. The van der Waals surface area contributed by atoms with E-state index in [1.807, 2.05) is 31.2 Å². The predicted molar refractivity (Wildman–Crippen MR) is 123 cm³/mol. The van der Waals surface area contributed by atoms with Crippen molar-refractivity contribution in [2.75, 3.05) is 10.6 Å². The molecule has 0 fully saturated rings. The smallest absolute Gasteiger partial charge is 0.306 e. The van der Waals surface area contributed by atoms with E-state index in [2.05, 4.69) is 27.8 Å². The third-order valence-corrected chi connectivity index (χ3v) is 5.92. The molecule has 1 aromatic heterocycles. The number of fused-ring (bicyclic) bond motifs is 2. The number of halogens is 2. The van der Waals surface area contributed by atoms with Gasteiger partial charge < -0.3 is 10.6 Å². The number of carbonyl (C=O) groups excluding carboxylic acids is 1. The fourth-order valence-corrected chi connectivity index (χ4v) is 4.37. The van der Waals surface area contributed by atoms with E-state index in [1.165, 1.54) is 17.2 Å². The lowest BCUT2D eigenvalue weighted by Gasteiger charge is -2.17. The highest BCUT2D eigenvalue weighted by atomic mass is 19.1. The van der Waals surface area contributed by atoms with Gasteiger partial charge in [-0.05, 0) is 72.7 Å². The van der Waals surface area contributed by atoms with E-state index in [0.717, 1.165) is 59.0 Å². The Bertz CT molecular complexity index is 1370. The van der Waals surface area contributed by atoms with Crippen molar-refractivity contribution in [1.29, 1.82) is 0 Å². The Hall–Kier alpha value is -3.80. The van der Waals surface area contributed by atoms with E-state index in [4.69, 9.17) is 0 Å². The molecule has 0 radical (unpaired) electrons. The number of rotatable bonds is 3. The van der Waals surface area contributed by atoms with E-state index in [0.29, 0.717) is 5.69 Å². The number of aryl methyl sites for hydroxylation is 3. The molecular formula is C26H21F2N3O. The minimum absolute atomic E-state index is 0.104. The quantitative estimate of drug-likeness (QED) is 0.384. The molecule has 160 valence electrons. The van der Waals surface area contributed by atoms with Crippen LogP contribution in [-0.2, 0) is 12.8 Å². The maximum Gasteiger partial charge on any atom is 0.323 e. The van der Waals surface area contributed by atoms with Crippen molar-refractivity contribution in [3.8, 4) is 11.1 Å². The average molecular weight is 429 g/mol. The predicted octanol–water partition coefficient (Wildman–Crippen LogP) is 6.62. The van der Waals surface area contributed by atoms with Gasteiger partial charge in [0.05, 0.1) is 23.1 Å². The lowest BCUT2D eigenvalue weighted by atomic mass is 9.94. The first-order valence-electron chi connectivity index (χ1n) is 10.5. The number of hydrogen-bond donors (Lipinski definition) is 2. The van der Waals surface area contributed by atoms with Crippen LogP contribution < -0.4 is 10.6 Å². The van der Waals surface area contributed by atoms with Crippen molar-refractivity contribution >= 4 is 28.3 Å². The SMILES string of the molecule is Cc1ccccc1-c1c(NC(=O)Nc2ccc(F)cc2F)cnc2cc3c(cc12)CCC3. The monoisotopic (exact) mass is 429 g/mol. The van der Waals surface area contributed by atoms with Gasteiger partial charge in [-0.15, -0.1) is 0 Å². The summed E-state index contributed by atoms with van der Waals surface area (Å²) in [5, 5.41) is 6.23. The Balaban J connectivity index is 1.59. The molecule has 0 saturated heterocycles. The molecule has 4 aromatic rings. The summed E-state index contributed by atoms with van der Waals surface area (Å²) >= 11 is 0. The fourth-order valence-electron chi connectivity index (χ4n) is 4.37. The van der Waals surface area contributed by atoms with E-state index >= 15 is 0 Å². The number of carbonyl (C=O) groups is 1. The zero-order chi connectivity index (χ0) is 22.2. The topological polar surface area (TPSA) is 54.0 Å². The molecule has 3 aromatic carbocycles. The summed E-state index contributed by atoms with van der Waals surface area (Å²) in [6, 6.07) is 14.7. The van der Waals surface area contributed by atoms with Gasteiger partial charge in [-0.25, -0.2) is 13.6 Å². The van der Waals surface area contributed by atoms with Crippen molar-refractivity contribution in [3.63, 3.8) is 0 Å². The zero-order valence-corrected chi connectivity index (χ0v) is 17.5. The second-order valence-electron chi connectivity index (χ2n) is 8.06. The summed E-state index contributed by atoms with van der Waals surface area (Å²) in [7, 11) is 0. The van der Waals surface area contributed by atoms with Crippen molar-refractivity contribution in [1.82, 2.24) is 4.98 Å². The number of aromatic nitrogens is 1. The summed E-state index contributed by atoms with van der Waals surface area (Å²) in [6.07, 6.45) is 4.84. The number of anilines is 2. The lowest BCUT2D eigenvalue weighted by Crippen LogP contribution is -2.21. The second-order valence-corrected chi connectivity index (χ2v) is 8.06. The van der Waals surface area contributed by atoms with Crippen LogP contribution in [-0.4, -0.2) is 11.0 Å². The van der Waals surface area contributed by atoms with Gasteiger partial charge in [-0.1, -0.05) is 24.3 Å². The number of hydrogen-bond acceptors (Lipinski definition) is 2. The maximum absolute atomic E-state index is 14.0. The molecule has 2 amide bonds. The Labute approximate surface area is 184 Å². The van der Waals surface area contributed by atoms with Crippen molar-refractivity contribution in [2.24, 2.45) is 0 Å². The van der Waals surface area contributed by atoms with Crippen LogP contribution in [0.2, 0.25) is 0 Å². The lowest BCUT2D eigenvalue weighted by molar-refractivity contribution is 0.262. The fraction of sp³-hybridized carbons (Fsp3) is 0.154. The summed E-state index contributed by atoms with van der Waals surface area (Å²) < 4.78 is 27.2. The number of nitrogens with one attached hydrogen (secondary N) is 2. The Morgan fingerprint density at radius 1 is 0.938 bits per heavy atom. The molecule has 0 saturated carbocycles. The second kappa shape index (κ2) is 8.04.